The minimum atomic E-state index is 0.204. The molecule has 4 aliphatic heterocycles. The van der Waals surface area contributed by atoms with E-state index in [1.165, 1.54) is 112 Å². The second kappa shape index (κ2) is 22.6. The van der Waals surface area contributed by atoms with Crippen LogP contribution in [0.25, 0.3) is 0 Å². The zero-order valence-corrected chi connectivity index (χ0v) is 36.3. The van der Waals surface area contributed by atoms with Gasteiger partial charge in [0.1, 0.15) is 0 Å². The molecule has 4 fully saturated rings. The summed E-state index contributed by atoms with van der Waals surface area (Å²) in [5.41, 5.74) is 6.92. The molecule has 7 heteroatoms. The number of hydrogen-bond donors (Lipinski definition) is 2. The van der Waals surface area contributed by atoms with Gasteiger partial charge in [-0.2, -0.15) is 0 Å². The van der Waals surface area contributed by atoms with Gasteiger partial charge in [0, 0.05) is 86.9 Å². The van der Waals surface area contributed by atoms with E-state index >= 15 is 4.79 Å². The van der Waals surface area contributed by atoms with Crippen molar-refractivity contribution in [1.82, 2.24) is 20.4 Å². The summed E-state index contributed by atoms with van der Waals surface area (Å²) in [5.74, 6) is 1.64. The van der Waals surface area contributed by atoms with E-state index in [-0.39, 0.29) is 5.78 Å². The lowest BCUT2D eigenvalue weighted by Crippen LogP contribution is -2.50. The molecule has 0 radical (unpaired) electrons. The molecule has 0 saturated carbocycles. The Kier molecular flexibility index (Phi) is 17.4. The Balaban J connectivity index is 1.23. The van der Waals surface area contributed by atoms with E-state index < -0.39 is 0 Å². The lowest BCUT2D eigenvalue weighted by molar-refractivity contribution is 0.103. The molecule has 4 heterocycles. The van der Waals surface area contributed by atoms with Gasteiger partial charge in [0.2, 0.25) is 0 Å². The first kappa shape index (κ1) is 43.1. The predicted octanol–water partition coefficient (Wildman–Crippen LogP) is 8.96. The van der Waals surface area contributed by atoms with Crippen LogP contribution in [-0.4, -0.2) is 106 Å². The molecule has 0 aromatic heterocycles. The molecular formula is C49H80N6O. The fraction of sp³-hybridized carbons (Fsp3) is 0.735. The first-order valence-corrected chi connectivity index (χ1v) is 23.6. The topological polar surface area (TPSA) is 54.1 Å². The number of nitrogens with zero attached hydrogens (tertiary/aromatic N) is 4. The molecule has 7 nitrogen and oxygen atoms in total. The highest BCUT2D eigenvalue weighted by atomic mass is 16.1. The maximum atomic E-state index is 15.2. The summed E-state index contributed by atoms with van der Waals surface area (Å²) in [7, 11) is 0. The van der Waals surface area contributed by atoms with Crippen LogP contribution in [0.5, 0.6) is 0 Å². The number of benzene rings is 2. The summed E-state index contributed by atoms with van der Waals surface area (Å²) in [6.07, 6.45) is 20.4. The standard InChI is InChI=1S/C49H80N6O/c1-5-7-9-11-13-39(3)52-27-31-54(32-28-52)47-37-43(35-41-19-23-50-24-20-41)15-17-45(47)49(56)46-18-16-44(36-42-21-25-51-26-22-42)38-48(46)55-33-29-53(30-34-55)40(4)14-12-10-8-6-2/h15-18,37-42,50-51H,5-14,19-36H2,1-4H3. The van der Waals surface area contributed by atoms with Crippen LogP contribution in [0.4, 0.5) is 11.4 Å². The van der Waals surface area contributed by atoms with Crippen molar-refractivity contribution in [2.45, 2.75) is 143 Å². The fourth-order valence-electron chi connectivity index (χ4n) is 10.2. The summed E-state index contributed by atoms with van der Waals surface area (Å²) in [6, 6.07) is 15.1. The molecule has 4 saturated heterocycles. The minimum Gasteiger partial charge on any atom is -0.368 e. The monoisotopic (exact) mass is 769 g/mol. The van der Waals surface area contributed by atoms with Crippen molar-refractivity contribution < 1.29 is 4.79 Å². The number of piperazine rings is 2. The second-order valence-corrected chi connectivity index (χ2v) is 18.3. The average molecular weight is 769 g/mol. The molecule has 312 valence electrons. The van der Waals surface area contributed by atoms with E-state index in [1.807, 2.05) is 0 Å². The maximum Gasteiger partial charge on any atom is 0.197 e. The average Bonchev–Trinajstić information content (AvgIpc) is 3.24. The van der Waals surface area contributed by atoms with Gasteiger partial charge in [-0.3, -0.25) is 14.6 Å². The highest BCUT2D eigenvalue weighted by molar-refractivity contribution is 6.15. The molecule has 2 aromatic carbocycles. The first-order valence-electron chi connectivity index (χ1n) is 23.6. The van der Waals surface area contributed by atoms with E-state index in [0.717, 1.165) is 103 Å². The van der Waals surface area contributed by atoms with Gasteiger partial charge >= 0.3 is 0 Å². The van der Waals surface area contributed by atoms with Crippen molar-refractivity contribution in [3.63, 3.8) is 0 Å². The quantitative estimate of drug-likeness (QED) is 0.103. The van der Waals surface area contributed by atoms with Gasteiger partial charge in [-0.25, -0.2) is 0 Å². The normalized spacial score (nSPS) is 20.7. The van der Waals surface area contributed by atoms with Crippen LogP contribution in [0.3, 0.4) is 0 Å². The minimum absolute atomic E-state index is 0.204. The Labute approximate surface area is 342 Å². The molecule has 4 aliphatic rings. The number of hydrogen-bond acceptors (Lipinski definition) is 7. The number of unbranched alkanes of at least 4 members (excludes halogenated alkanes) is 6. The summed E-state index contributed by atoms with van der Waals surface area (Å²) < 4.78 is 0. The Morgan fingerprint density at radius 3 is 1.34 bits per heavy atom. The molecule has 2 atom stereocenters. The van der Waals surface area contributed by atoms with E-state index in [1.54, 1.807) is 0 Å². The largest absolute Gasteiger partial charge is 0.368 e. The Morgan fingerprint density at radius 2 is 0.964 bits per heavy atom. The maximum absolute atomic E-state index is 15.2. The zero-order chi connectivity index (χ0) is 39.1. The van der Waals surface area contributed by atoms with E-state index in [4.69, 9.17) is 0 Å². The van der Waals surface area contributed by atoms with Crippen LogP contribution in [0.1, 0.15) is 145 Å². The van der Waals surface area contributed by atoms with Crippen molar-refractivity contribution in [3.05, 3.63) is 58.7 Å². The van der Waals surface area contributed by atoms with Gasteiger partial charge in [0.25, 0.3) is 0 Å². The number of rotatable bonds is 20. The van der Waals surface area contributed by atoms with E-state index in [0.29, 0.717) is 23.9 Å². The summed E-state index contributed by atoms with van der Waals surface area (Å²) >= 11 is 0. The Morgan fingerprint density at radius 1 is 0.571 bits per heavy atom. The lowest BCUT2D eigenvalue weighted by Gasteiger charge is -2.40. The van der Waals surface area contributed by atoms with Crippen molar-refractivity contribution in [1.29, 1.82) is 0 Å². The number of ketones is 1. The van der Waals surface area contributed by atoms with Crippen LogP contribution in [0, 0.1) is 11.8 Å². The Hall–Kier alpha value is -2.45. The molecule has 0 aliphatic carbocycles. The van der Waals surface area contributed by atoms with Crippen molar-refractivity contribution in [3.8, 4) is 0 Å². The molecule has 0 amide bonds. The van der Waals surface area contributed by atoms with Crippen LogP contribution in [0.2, 0.25) is 0 Å². The van der Waals surface area contributed by atoms with Crippen molar-refractivity contribution >= 4 is 17.2 Å². The van der Waals surface area contributed by atoms with Gasteiger partial charge in [-0.15, -0.1) is 0 Å². The lowest BCUT2D eigenvalue weighted by atomic mass is 9.88. The SMILES string of the molecule is CCCCCCC(C)N1CCN(c2cc(CC3CCNCC3)ccc2C(=O)c2ccc(CC3CCNCC3)cc2N2CCN(C(C)CCCCCC)CC2)CC1. The van der Waals surface area contributed by atoms with Crippen LogP contribution >= 0.6 is 0 Å². The number of piperidine rings is 2. The van der Waals surface area contributed by atoms with Crippen molar-refractivity contribution in [2.75, 3.05) is 88.3 Å². The molecule has 0 bridgehead atoms. The Bertz CT molecular complexity index is 1340. The van der Waals surface area contributed by atoms with Gasteiger partial charge < -0.3 is 20.4 Å². The summed E-state index contributed by atoms with van der Waals surface area (Å²) in [5, 5.41) is 7.10. The molecular weight excluding hydrogens is 689 g/mol. The first-order chi connectivity index (χ1) is 27.4. The van der Waals surface area contributed by atoms with Gasteiger partial charge in [-0.1, -0.05) is 77.3 Å². The molecule has 56 heavy (non-hydrogen) atoms. The molecule has 0 spiro atoms. The third-order valence-corrected chi connectivity index (χ3v) is 14.1. The molecule has 6 rings (SSSR count). The third kappa shape index (κ3) is 12.3. The van der Waals surface area contributed by atoms with Gasteiger partial charge in [-0.05, 0) is 139 Å². The van der Waals surface area contributed by atoms with Gasteiger partial charge in [0.15, 0.2) is 5.78 Å². The predicted molar refractivity (Wildman–Crippen MR) is 239 cm³/mol. The smallest absolute Gasteiger partial charge is 0.197 e. The number of anilines is 2. The molecule has 2 unspecified atom stereocenters. The highest BCUT2D eigenvalue weighted by Crippen LogP contribution is 2.34. The number of carbonyl (C=O) groups is 1. The van der Waals surface area contributed by atoms with Crippen molar-refractivity contribution in [2.24, 2.45) is 11.8 Å². The number of nitrogens with one attached hydrogen (secondary N) is 2. The highest BCUT2D eigenvalue weighted by Gasteiger charge is 2.29. The van der Waals surface area contributed by atoms with Gasteiger partial charge in [0.05, 0.1) is 0 Å². The summed E-state index contributed by atoms with van der Waals surface area (Å²) in [6.45, 7) is 22.1. The van der Waals surface area contributed by atoms with Crippen LogP contribution < -0.4 is 20.4 Å². The van der Waals surface area contributed by atoms with E-state index in [2.05, 4.69) is 94.3 Å². The second-order valence-electron chi connectivity index (χ2n) is 18.3. The fourth-order valence-corrected chi connectivity index (χ4v) is 10.2. The third-order valence-electron chi connectivity index (χ3n) is 14.1. The van der Waals surface area contributed by atoms with E-state index in [9.17, 15) is 0 Å². The van der Waals surface area contributed by atoms with Crippen LogP contribution in [-0.2, 0) is 12.8 Å². The molecule has 2 N–H and O–H groups in total. The molecule has 2 aromatic rings. The number of carbonyl (C=O) groups excluding carboxylic acids is 1. The summed E-state index contributed by atoms with van der Waals surface area (Å²) in [4.78, 5) is 25.7. The van der Waals surface area contributed by atoms with Crippen LogP contribution in [0.15, 0.2) is 36.4 Å². The zero-order valence-electron chi connectivity index (χ0n) is 36.3.